The van der Waals surface area contributed by atoms with Crippen molar-refractivity contribution in [3.8, 4) is 10.8 Å². The number of fused-ring (bicyclic) bond motifs is 1. The summed E-state index contributed by atoms with van der Waals surface area (Å²) in [6.07, 6.45) is 3.42. The van der Waals surface area contributed by atoms with Crippen LogP contribution in [-0.2, 0) is 18.3 Å². The molecule has 4 nitrogen and oxygen atoms in total. The van der Waals surface area contributed by atoms with Crippen LogP contribution in [0.15, 0.2) is 10.5 Å². The van der Waals surface area contributed by atoms with E-state index in [0.717, 1.165) is 17.7 Å². The highest BCUT2D eigenvalue weighted by Gasteiger charge is 2.30. The third kappa shape index (κ3) is 2.16. The molecular weight excluding hydrogens is 274 g/mol. The quantitative estimate of drug-likeness (QED) is 0.911. The highest BCUT2D eigenvalue weighted by Crippen LogP contribution is 2.38. The average molecular weight is 291 g/mol. The van der Waals surface area contributed by atoms with Crippen LogP contribution in [0.4, 0.5) is 0 Å². The van der Waals surface area contributed by atoms with Crippen molar-refractivity contribution in [1.29, 1.82) is 0 Å². The molecule has 20 heavy (non-hydrogen) atoms. The van der Waals surface area contributed by atoms with Crippen molar-refractivity contribution < 1.29 is 14.3 Å². The Hall–Kier alpha value is -1.62. The van der Waals surface area contributed by atoms with Gasteiger partial charge in [-0.1, -0.05) is 20.8 Å². The monoisotopic (exact) mass is 291 g/mol. The van der Waals surface area contributed by atoms with Gasteiger partial charge in [-0.05, 0) is 30.9 Å². The van der Waals surface area contributed by atoms with Crippen LogP contribution in [0.25, 0.3) is 10.8 Å². The minimum absolute atomic E-state index is 0.0407. The Kier molecular flexibility index (Phi) is 2.97. The molecule has 0 fully saturated rings. The summed E-state index contributed by atoms with van der Waals surface area (Å²) in [7, 11) is 0. The molecule has 5 heteroatoms. The van der Waals surface area contributed by atoms with Gasteiger partial charge < -0.3 is 9.52 Å². The number of rotatable bonds is 2. The molecular formula is C15H17NO3S. The van der Waals surface area contributed by atoms with E-state index in [9.17, 15) is 9.90 Å². The predicted octanol–water partition coefficient (Wildman–Crippen LogP) is 3.89. The Bertz CT molecular complexity index is 654. The maximum Gasteiger partial charge on any atom is 0.373 e. The zero-order chi connectivity index (χ0) is 14.5. The Morgan fingerprint density at radius 3 is 2.70 bits per heavy atom. The molecule has 0 spiro atoms. The first-order valence-electron chi connectivity index (χ1n) is 6.73. The number of carbonyl (C=O) groups is 1. The molecule has 0 unspecified atom stereocenters. The van der Waals surface area contributed by atoms with Crippen LogP contribution >= 0.6 is 11.3 Å². The summed E-state index contributed by atoms with van der Waals surface area (Å²) in [5.41, 5.74) is 1.51. The Morgan fingerprint density at radius 2 is 2.15 bits per heavy atom. The Morgan fingerprint density at radius 1 is 1.40 bits per heavy atom. The van der Waals surface area contributed by atoms with E-state index in [2.05, 4.69) is 11.1 Å². The SMILES string of the molecule is CC(C)(C)c1nc(-c2cc3c(s2)CCC3)oc1C(=O)O. The van der Waals surface area contributed by atoms with Crippen molar-refractivity contribution in [2.45, 2.75) is 45.4 Å². The summed E-state index contributed by atoms with van der Waals surface area (Å²) >= 11 is 1.67. The average Bonchev–Trinajstić information content (AvgIpc) is 3.00. The second-order valence-corrected chi connectivity index (χ2v) is 7.30. The molecule has 1 aliphatic rings. The highest BCUT2D eigenvalue weighted by atomic mass is 32.1. The zero-order valence-corrected chi connectivity index (χ0v) is 12.6. The van der Waals surface area contributed by atoms with Gasteiger partial charge in [-0.15, -0.1) is 11.3 Å². The van der Waals surface area contributed by atoms with Crippen LogP contribution in [0.2, 0.25) is 0 Å². The van der Waals surface area contributed by atoms with Gasteiger partial charge in [0, 0.05) is 10.3 Å². The van der Waals surface area contributed by atoms with E-state index in [-0.39, 0.29) is 11.2 Å². The number of aromatic carboxylic acids is 1. The number of hydrogen-bond donors (Lipinski definition) is 1. The van der Waals surface area contributed by atoms with Gasteiger partial charge in [0.05, 0.1) is 4.88 Å². The van der Waals surface area contributed by atoms with Crippen LogP contribution in [0.1, 0.15) is 53.9 Å². The molecule has 0 radical (unpaired) electrons. The summed E-state index contributed by atoms with van der Waals surface area (Å²) in [6.45, 7) is 5.82. The fourth-order valence-electron chi connectivity index (χ4n) is 2.51. The molecule has 0 amide bonds. The lowest BCUT2D eigenvalue weighted by Gasteiger charge is -2.14. The van der Waals surface area contributed by atoms with E-state index < -0.39 is 5.97 Å². The molecule has 0 saturated heterocycles. The van der Waals surface area contributed by atoms with Crippen LogP contribution in [0, 0.1) is 0 Å². The number of aromatic nitrogens is 1. The molecule has 2 aromatic rings. The van der Waals surface area contributed by atoms with Gasteiger partial charge in [0.2, 0.25) is 11.7 Å². The predicted molar refractivity (Wildman–Crippen MR) is 77.5 cm³/mol. The van der Waals surface area contributed by atoms with Gasteiger partial charge in [-0.25, -0.2) is 9.78 Å². The van der Waals surface area contributed by atoms with Crippen LogP contribution < -0.4 is 0 Å². The van der Waals surface area contributed by atoms with Crippen molar-refractivity contribution >= 4 is 17.3 Å². The number of aryl methyl sites for hydroxylation is 2. The van der Waals surface area contributed by atoms with E-state index in [1.54, 1.807) is 11.3 Å². The standard InChI is InChI=1S/C15H17NO3S/c1-15(2,3)12-11(14(17)18)19-13(16-12)10-7-8-5-4-6-9(8)20-10/h7H,4-6H2,1-3H3,(H,17,18). The van der Waals surface area contributed by atoms with Crippen molar-refractivity contribution in [1.82, 2.24) is 4.98 Å². The minimum atomic E-state index is -1.06. The molecule has 0 aliphatic heterocycles. The summed E-state index contributed by atoms with van der Waals surface area (Å²) in [4.78, 5) is 18.1. The molecule has 2 aromatic heterocycles. The molecule has 3 rings (SSSR count). The van der Waals surface area contributed by atoms with Crippen LogP contribution in [0.5, 0.6) is 0 Å². The van der Waals surface area contributed by atoms with Gasteiger partial charge in [0.15, 0.2) is 0 Å². The first-order chi connectivity index (χ1) is 9.36. The van der Waals surface area contributed by atoms with Gasteiger partial charge >= 0.3 is 5.97 Å². The number of hydrogen-bond acceptors (Lipinski definition) is 4. The topological polar surface area (TPSA) is 63.3 Å². The molecule has 0 aromatic carbocycles. The number of thiophene rings is 1. The second kappa shape index (κ2) is 4.45. The largest absolute Gasteiger partial charge is 0.475 e. The van der Waals surface area contributed by atoms with E-state index in [1.165, 1.54) is 16.9 Å². The van der Waals surface area contributed by atoms with Gasteiger partial charge in [0.25, 0.3) is 0 Å². The van der Waals surface area contributed by atoms with Crippen molar-refractivity contribution in [3.05, 3.63) is 28.0 Å². The van der Waals surface area contributed by atoms with E-state index in [0.29, 0.717) is 11.6 Å². The van der Waals surface area contributed by atoms with Gasteiger partial charge in [0.1, 0.15) is 5.69 Å². The fourth-order valence-corrected chi connectivity index (χ4v) is 3.69. The van der Waals surface area contributed by atoms with Crippen molar-refractivity contribution in [2.24, 2.45) is 0 Å². The Labute approximate surface area is 121 Å². The third-order valence-corrected chi connectivity index (χ3v) is 4.71. The number of oxazole rings is 1. The molecule has 1 N–H and O–H groups in total. The lowest BCUT2D eigenvalue weighted by molar-refractivity contribution is 0.0659. The molecule has 106 valence electrons. The summed E-state index contributed by atoms with van der Waals surface area (Å²) in [6, 6.07) is 2.09. The van der Waals surface area contributed by atoms with E-state index in [4.69, 9.17) is 4.42 Å². The maximum atomic E-state index is 11.3. The smallest absolute Gasteiger partial charge is 0.373 e. The summed E-state index contributed by atoms with van der Waals surface area (Å²) in [5, 5.41) is 9.28. The second-order valence-electron chi connectivity index (χ2n) is 6.16. The molecule has 2 heterocycles. The van der Waals surface area contributed by atoms with Crippen molar-refractivity contribution in [2.75, 3.05) is 0 Å². The van der Waals surface area contributed by atoms with Crippen LogP contribution in [0.3, 0.4) is 0 Å². The normalized spacial score (nSPS) is 14.6. The van der Waals surface area contributed by atoms with Gasteiger partial charge in [-0.3, -0.25) is 0 Å². The van der Waals surface area contributed by atoms with E-state index >= 15 is 0 Å². The number of nitrogens with zero attached hydrogens (tertiary/aromatic N) is 1. The zero-order valence-electron chi connectivity index (χ0n) is 11.8. The van der Waals surface area contributed by atoms with E-state index in [1.807, 2.05) is 20.8 Å². The first-order valence-corrected chi connectivity index (χ1v) is 7.54. The van der Waals surface area contributed by atoms with Crippen molar-refractivity contribution in [3.63, 3.8) is 0 Å². The minimum Gasteiger partial charge on any atom is -0.475 e. The third-order valence-electron chi connectivity index (χ3n) is 3.49. The lowest BCUT2D eigenvalue weighted by atomic mass is 9.91. The van der Waals surface area contributed by atoms with Crippen LogP contribution in [-0.4, -0.2) is 16.1 Å². The maximum absolute atomic E-state index is 11.3. The Balaban J connectivity index is 2.08. The fraction of sp³-hybridized carbons (Fsp3) is 0.467. The summed E-state index contributed by atoms with van der Waals surface area (Å²) in [5.74, 6) is -0.662. The summed E-state index contributed by atoms with van der Waals surface area (Å²) < 4.78 is 5.53. The number of carboxylic acids is 1. The molecule has 0 atom stereocenters. The molecule has 1 aliphatic carbocycles. The molecule has 0 bridgehead atoms. The molecule has 0 saturated carbocycles. The lowest BCUT2D eigenvalue weighted by Crippen LogP contribution is -2.16. The first kappa shape index (κ1) is 13.4. The highest BCUT2D eigenvalue weighted by molar-refractivity contribution is 7.15. The number of carboxylic acid groups (broad SMARTS) is 1. The van der Waals surface area contributed by atoms with Gasteiger partial charge in [-0.2, -0.15) is 0 Å².